The molecule has 0 heterocycles. The average molecular weight is 356 g/mol. The maximum absolute atomic E-state index is 12.2. The van der Waals surface area contributed by atoms with Crippen LogP contribution in [0.2, 0.25) is 0 Å². The number of hydrogen-bond acceptors (Lipinski definition) is 3. The highest BCUT2D eigenvalue weighted by Gasteiger charge is 2.19. The van der Waals surface area contributed by atoms with Gasteiger partial charge in [0.1, 0.15) is 11.5 Å². The van der Waals surface area contributed by atoms with E-state index < -0.39 is 0 Å². The van der Waals surface area contributed by atoms with Crippen LogP contribution in [0.15, 0.2) is 36.4 Å². The molecule has 0 spiro atoms. The first-order valence-corrected chi connectivity index (χ1v) is 8.64. The number of carbonyl (C=O) groups excluding carboxylic acids is 1. The fraction of sp³-hybridized carbons (Fsp3) is 0.381. The van der Waals surface area contributed by atoms with E-state index in [1.807, 2.05) is 37.3 Å². The third-order valence-corrected chi connectivity index (χ3v) is 4.01. The third-order valence-electron chi connectivity index (χ3n) is 4.01. The van der Waals surface area contributed by atoms with Crippen LogP contribution in [0, 0.1) is 13.8 Å². The number of rotatable bonds is 5. The van der Waals surface area contributed by atoms with Gasteiger partial charge in [0.05, 0.1) is 12.8 Å². The maximum atomic E-state index is 12.2. The van der Waals surface area contributed by atoms with Crippen LogP contribution in [0.1, 0.15) is 37.5 Å². The monoisotopic (exact) mass is 356 g/mol. The van der Waals surface area contributed by atoms with Crippen molar-refractivity contribution < 1.29 is 14.3 Å². The molecule has 0 aromatic heterocycles. The summed E-state index contributed by atoms with van der Waals surface area (Å²) in [6.07, 6.45) is 0. The summed E-state index contributed by atoms with van der Waals surface area (Å²) < 4.78 is 11.1. The molecule has 0 bridgehead atoms. The number of methoxy groups -OCH3 is 1. The standard InChI is InChI=1S/C21H28N2O3/c1-14-7-9-18(16(11-14)21(3,4)5)26-13-22-20(24)23-17-12-15(2)8-10-19(17)25-6/h7-12H,13H2,1-6H3,(H2,22,23,24). The van der Waals surface area contributed by atoms with Gasteiger partial charge in [0.15, 0.2) is 6.73 Å². The van der Waals surface area contributed by atoms with Crippen molar-refractivity contribution in [1.29, 1.82) is 0 Å². The van der Waals surface area contributed by atoms with Crippen LogP contribution < -0.4 is 20.1 Å². The van der Waals surface area contributed by atoms with Crippen molar-refractivity contribution in [1.82, 2.24) is 5.32 Å². The smallest absolute Gasteiger partial charge is 0.321 e. The number of anilines is 1. The zero-order chi connectivity index (χ0) is 19.3. The lowest BCUT2D eigenvalue weighted by Crippen LogP contribution is -2.32. The van der Waals surface area contributed by atoms with E-state index in [9.17, 15) is 4.79 Å². The first-order chi connectivity index (χ1) is 12.2. The second kappa shape index (κ2) is 8.13. The molecule has 0 fully saturated rings. The summed E-state index contributed by atoms with van der Waals surface area (Å²) in [6, 6.07) is 11.3. The number of urea groups is 1. The molecule has 2 N–H and O–H groups in total. The Labute approximate surface area is 155 Å². The van der Waals surface area contributed by atoms with Gasteiger partial charge in [0.2, 0.25) is 0 Å². The summed E-state index contributed by atoms with van der Waals surface area (Å²) >= 11 is 0. The Balaban J connectivity index is 1.98. The number of carbonyl (C=O) groups is 1. The molecule has 0 atom stereocenters. The van der Waals surface area contributed by atoms with Crippen molar-refractivity contribution in [2.75, 3.05) is 19.2 Å². The minimum atomic E-state index is -0.349. The van der Waals surface area contributed by atoms with Crippen molar-refractivity contribution in [2.24, 2.45) is 0 Å². The van der Waals surface area contributed by atoms with Gasteiger partial charge in [-0.25, -0.2) is 4.79 Å². The molecule has 0 aliphatic rings. The highest BCUT2D eigenvalue weighted by atomic mass is 16.5. The van der Waals surface area contributed by atoms with Gasteiger partial charge in [-0.15, -0.1) is 0 Å². The first-order valence-electron chi connectivity index (χ1n) is 8.64. The molecule has 5 nitrogen and oxygen atoms in total. The molecule has 2 amide bonds. The van der Waals surface area contributed by atoms with Crippen LogP contribution in [0.5, 0.6) is 11.5 Å². The molecule has 0 aliphatic heterocycles. The Morgan fingerprint density at radius 1 is 1.00 bits per heavy atom. The van der Waals surface area contributed by atoms with Crippen LogP contribution in [0.4, 0.5) is 10.5 Å². The molecular formula is C21H28N2O3. The quantitative estimate of drug-likeness (QED) is 0.759. The Morgan fingerprint density at radius 3 is 2.23 bits per heavy atom. The predicted octanol–water partition coefficient (Wildman–Crippen LogP) is 4.77. The second-order valence-electron chi connectivity index (χ2n) is 7.37. The summed E-state index contributed by atoms with van der Waals surface area (Å²) in [5, 5.41) is 5.50. The van der Waals surface area contributed by atoms with Gasteiger partial charge in [-0.3, -0.25) is 0 Å². The number of ether oxygens (including phenoxy) is 2. The molecule has 0 aliphatic carbocycles. The van der Waals surface area contributed by atoms with E-state index in [1.165, 1.54) is 5.56 Å². The van der Waals surface area contributed by atoms with Crippen LogP contribution >= 0.6 is 0 Å². The Kier molecular flexibility index (Phi) is 6.14. The maximum Gasteiger partial charge on any atom is 0.321 e. The predicted molar refractivity (Wildman–Crippen MR) is 105 cm³/mol. The molecule has 140 valence electrons. The van der Waals surface area contributed by atoms with Gasteiger partial charge >= 0.3 is 6.03 Å². The minimum Gasteiger partial charge on any atom is -0.495 e. The topological polar surface area (TPSA) is 59.6 Å². The van der Waals surface area contributed by atoms with E-state index in [4.69, 9.17) is 9.47 Å². The molecule has 26 heavy (non-hydrogen) atoms. The van der Waals surface area contributed by atoms with Crippen LogP contribution in [0.3, 0.4) is 0 Å². The summed E-state index contributed by atoms with van der Waals surface area (Å²) in [5.41, 5.74) is 3.90. The first kappa shape index (κ1) is 19.6. The minimum absolute atomic E-state index is 0.0431. The van der Waals surface area contributed by atoms with Crippen molar-refractivity contribution in [3.8, 4) is 11.5 Å². The molecule has 2 rings (SSSR count). The Bertz CT molecular complexity index is 779. The number of aryl methyl sites for hydroxylation is 2. The number of nitrogens with one attached hydrogen (secondary N) is 2. The molecule has 0 saturated heterocycles. The van der Waals surface area contributed by atoms with Crippen molar-refractivity contribution in [3.05, 3.63) is 53.1 Å². The van der Waals surface area contributed by atoms with Crippen LogP contribution in [-0.4, -0.2) is 19.9 Å². The van der Waals surface area contributed by atoms with E-state index in [0.717, 1.165) is 16.9 Å². The lowest BCUT2D eigenvalue weighted by molar-refractivity contribution is 0.233. The highest BCUT2D eigenvalue weighted by molar-refractivity contribution is 5.91. The SMILES string of the molecule is COc1ccc(C)cc1NC(=O)NCOc1ccc(C)cc1C(C)(C)C. The molecule has 0 saturated carbocycles. The van der Waals surface area contributed by atoms with E-state index in [1.54, 1.807) is 7.11 Å². The van der Waals surface area contributed by atoms with E-state index in [2.05, 4.69) is 44.4 Å². The molecule has 0 unspecified atom stereocenters. The summed E-state index contributed by atoms with van der Waals surface area (Å²) in [4.78, 5) is 12.2. The van der Waals surface area contributed by atoms with Gasteiger partial charge in [0, 0.05) is 0 Å². The van der Waals surface area contributed by atoms with Gasteiger partial charge in [-0.2, -0.15) is 0 Å². The number of amides is 2. The van der Waals surface area contributed by atoms with Gasteiger partial charge < -0.3 is 20.1 Å². The van der Waals surface area contributed by atoms with Gasteiger partial charge in [0.25, 0.3) is 0 Å². The lowest BCUT2D eigenvalue weighted by Gasteiger charge is -2.23. The zero-order valence-electron chi connectivity index (χ0n) is 16.4. The second-order valence-corrected chi connectivity index (χ2v) is 7.37. The van der Waals surface area contributed by atoms with Crippen LogP contribution in [0.25, 0.3) is 0 Å². The Hall–Kier alpha value is -2.69. The molecule has 2 aromatic carbocycles. The third kappa shape index (κ3) is 5.15. The van der Waals surface area contributed by atoms with E-state index >= 15 is 0 Å². The number of hydrogen-bond donors (Lipinski definition) is 2. The highest BCUT2D eigenvalue weighted by Crippen LogP contribution is 2.32. The van der Waals surface area contributed by atoms with Crippen LogP contribution in [-0.2, 0) is 5.41 Å². The molecular weight excluding hydrogens is 328 g/mol. The fourth-order valence-electron chi connectivity index (χ4n) is 2.62. The number of benzene rings is 2. The average Bonchev–Trinajstić information content (AvgIpc) is 2.55. The fourth-order valence-corrected chi connectivity index (χ4v) is 2.62. The van der Waals surface area contributed by atoms with Crippen molar-refractivity contribution in [3.63, 3.8) is 0 Å². The molecule has 5 heteroatoms. The lowest BCUT2D eigenvalue weighted by atomic mass is 9.85. The van der Waals surface area contributed by atoms with Crippen molar-refractivity contribution >= 4 is 11.7 Å². The van der Waals surface area contributed by atoms with Gasteiger partial charge in [-0.1, -0.05) is 44.5 Å². The summed E-state index contributed by atoms with van der Waals surface area (Å²) in [5.74, 6) is 1.39. The largest absolute Gasteiger partial charge is 0.495 e. The summed E-state index contributed by atoms with van der Waals surface area (Å²) in [7, 11) is 1.57. The van der Waals surface area contributed by atoms with Gasteiger partial charge in [-0.05, 0) is 48.6 Å². The van der Waals surface area contributed by atoms with Crippen molar-refractivity contribution in [2.45, 2.75) is 40.0 Å². The van der Waals surface area contributed by atoms with E-state index in [0.29, 0.717) is 11.4 Å². The Morgan fingerprint density at radius 2 is 1.62 bits per heavy atom. The summed E-state index contributed by atoms with van der Waals surface area (Å²) in [6.45, 7) is 10.5. The zero-order valence-corrected chi connectivity index (χ0v) is 16.4. The molecule has 2 aromatic rings. The van der Waals surface area contributed by atoms with E-state index in [-0.39, 0.29) is 18.2 Å². The molecule has 0 radical (unpaired) electrons. The normalized spacial score (nSPS) is 11.0.